The molecule has 1 aliphatic heterocycles. The molecular formula is C15H18N2S. The zero-order valence-electron chi connectivity index (χ0n) is 10.6. The van der Waals surface area contributed by atoms with Gasteiger partial charge >= 0.3 is 0 Å². The number of thiophene rings is 1. The van der Waals surface area contributed by atoms with Gasteiger partial charge in [-0.1, -0.05) is 24.3 Å². The average Bonchev–Trinajstić information content (AvgIpc) is 2.90. The van der Waals surface area contributed by atoms with Crippen molar-refractivity contribution in [3.63, 3.8) is 0 Å². The van der Waals surface area contributed by atoms with Gasteiger partial charge in [-0.2, -0.15) is 0 Å². The second-order valence-corrected chi connectivity index (χ2v) is 5.71. The quantitative estimate of drug-likeness (QED) is 0.865. The molecule has 0 saturated carbocycles. The van der Waals surface area contributed by atoms with E-state index in [4.69, 9.17) is 0 Å². The fourth-order valence-electron chi connectivity index (χ4n) is 2.43. The summed E-state index contributed by atoms with van der Waals surface area (Å²) in [5, 5.41) is 9.27. The zero-order chi connectivity index (χ0) is 12.4. The SMILES string of the molecule is Cc1ccccc1-c1csc(C2CNCCN2)c1. The first-order valence-electron chi connectivity index (χ1n) is 6.43. The van der Waals surface area contributed by atoms with Crippen LogP contribution in [-0.4, -0.2) is 19.6 Å². The molecule has 2 nitrogen and oxygen atoms in total. The molecule has 18 heavy (non-hydrogen) atoms. The Morgan fingerprint density at radius 3 is 2.89 bits per heavy atom. The van der Waals surface area contributed by atoms with Crippen LogP contribution in [0.15, 0.2) is 35.7 Å². The van der Waals surface area contributed by atoms with Crippen LogP contribution in [0.3, 0.4) is 0 Å². The second-order valence-electron chi connectivity index (χ2n) is 4.76. The van der Waals surface area contributed by atoms with Gasteiger partial charge in [-0.3, -0.25) is 0 Å². The van der Waals surface area contributed by atoms with Crippen LogP contribution < -0.4 is 10.6 Å². The summed E-state index contributed by atoms with van der Waals surface area (Å²) in [7, 11) is 0. The van der Waals surface area contributed by atoms with E-state index in [9.17, 15) is 0 Å². The van der Waals surface area contributed by atoms with E-state index in [1.165, 1.54) is 21.6 Å². The Labute approximate surface area is 112 Å². The summed E-state index contributed by atoms with van der Waals surface area (Å²) >= 11 is 1.86. The molecule has 1 unspecified atom stereocenters. The Balaban J connectivity index is 1.87. The van der Waals surface area contributed by atoms with Crippen LogP contribution in [0, 0.1) is 6.92 Å². The molecule has 1 atom stereocenters. The third-order valence-electron chi connectivity index (χ3n) is 3.46. The number of aryl methyl sites for hydroxylation is 1. The smallest absolute Gasteiger partial charge is 0.0542 e. The van der Waals surface area contributed by atoms with Gasteiger partial charge in [0.25, 0.3) is 0 Å². The van der Waals surface area contributed by atoms with E-state index in [0.29, 0.717) is 6.04 Å². The van der Waals surface area contributed by atoms with Crippen LogP contribution in [-0.2, 0) is 0 Å². The van der Waals surface area contributed by atoms with Crippen molar-refractivity contribution in [2.75, 3.05) is 19.6 Å². The van der Waals surface area contributed by atoms with Gasteiger partial charge in [-0.05, 0) is 35.1 Å². The lowest BCUT2D eigenvalue weighted by molar-refractivity contribution is 0.435. The summed E-state index contributed by atoms with van der Waals surface area (Å²) in [6.45, 7) is 5.34. The standard InChI is InChI=1S/C15H18N2S/c1-11-4-2-3-5-13(11)12-8-15(18-10-12)14-9-16-6-7-17-14/h2-5,8,10,14,16-17H,6-7,9H2,1H3. The summed E-state index contributed by atoms with van der Waals surface area (Å²) in [5.74, 6) is 0. The van der Waals surface area contributed by atoms with Crippen LogP contribution in [0.25, 0.3) is 11.1 Å². The molecule has 0 radical (unpaired) electrons. The van der Waals surface area contributed by atoms with Crippen molar-refractivity contribution in [1.82, 2.24) is 10.6 Å². The Bertz CT molecular complexity index is 527. The molecule has 0 bridgehead atoms. The first-order chi connectivity index (χ1) is 8.84. The molecule has 1 aromatic heterocycles. The largest absolute Gasteiger partial charge is 0.314 e. The van der Waals surface area contributed by atoms with Crippen molar-refractivity contribution < 1.29 is 0 Å². The molecule has 0 spiro atoms. The van der Waals surface area contributed by atoms with Crippen molar-refractivity contribution in [2.45, 2.75) is 13.0 Å². The number of hydrogen-bond acceptors (Lipinski definition) is 3. The Kier molecular flexibility index (Phi) is 3.46. The minimum Gasteiger partial charge on any atom is -0.314 e. The van der Waals surface area contributed by atoms with E-state index in [1.807, 2.05) is 11.3 Å². The summed E-state index contributed by atoms with van der Waals surface area (Å²) in [6, 6.07) is 11.4. The highest BCUT2D eigenvalue weighted by atomic mass is 32.1. The Hall–Kier alpha value is -1.16. The van der Waals surface area contributed by atoms with Gasteiger partial charge in [0.2, 0.25) is 0 Å². The highest BCUT2D eigenvalue weighted by Gasteiger charge is 2.16. The first kappa shape index (κ1) is 11.9. The van der Waals surface area contributed by atoms with Crippen molar-refractivity contribution in [3.05, 3.63) is 46.2 Å². The second kappa shape index (κ2) is 5.22. The average molecular weight is 258 g/mol. The minimum absolute atomic E-state index is 0.474. The molecule has 2 heterocycles. The van der Waals surface area contributed by atoms with Crippen LogP contribution in [0.5, 0.6) is 0 Å². The molecule has 2 aromatic rings. The lowest BCUT2D eigenvalue weighted by Gasteiger charge is -2.23. The molecule has 1 aromatic carbocycles. The zero-order valence-corrected chi connectivity index (χ0v) is 11.4. The van der Waals surface area contributed by atoms with Crippen molar-refractivity contribution in [1.29, 1.82) is 0 Å². The van der Waals surface area contributed by atoms with Crippen molar-refractivity contribution in [2.24, 2.45) is 0 Å². The number of nitrogens with one attached hydrogen (secondary N) is 2. The maximum atomic E-state index is 3.56. The summed E-state index contributed by atoms with van der Waals surface area (Å²) in [5.41, 5.74) is 4.04. The van der Waals surface area contributed by atoms with E-state index < -0.39 is 0 Å². The van der Waals surface area contributed by atoms with Crippen LogP contribution >= 0.6 is 11.3 Å². The van der Waals surface area contributed by atoms with E-state index in [1.54, 1.807) is 0 Å². The van der Waals surface area contributed by atoms with E-state index in [2.05, 4.69) is 53.3 Å². The molecular weight excluding hydrogens is 240 g/mol. The predicted molar refractivity (Wildman–Crippen MR) is 78.1 cm³/mol. The number of piperazine rings is 1. The van der Waals surface area contributed by atoms with Gasteiger partial charge in [-0.15, -0.1) is 11.3 Å². The van der Waals surface area contributed by atoms with Crippen LogP contribution in [0.2, 0.25) is 0 Å². The highest BCUT2D eigenvalue weighted by molar-refractivity contribution is 7.10. The topological polar surface area (TPSA) is 24.1 Å². The predicted octanol–water partition coefficient (Wildman–Crippen LogP) is 2.96. The van der Waals surface area contributed by atoms with Gasteiger partial charge in [0, 0.05) is 24.5 Å². The van der Waals surface area contributed by atoms with Gasteiger partial charge in [-0.25, -0.2) is 0 Å². The highest BCUT2D eigenvalue weighted by Crippen LogP contribution is 2.31. The van der Waals surface area contributed by atoms with E-state index >= 15 is 0 Å². The normalized spacial score (nSPS) is 19.9. The van der Waals surface area contributed by atoms with Crippen LogP contribution in [0.4, 0.5) is 0 Å². The van der Waals surface area contributed by atoms with Gasteiger partial charge in [0.1, 0.15) is 0 Å². The van der Waals surface area contributed by atoms with E-state index in [-0.39, 0.29) is 0 Å². The van der Waals surface area contributed by atoms with Gasteiger partial charge in [0.05, 0.1) is 6.04 Å². The van der Waals surface area contributed by atoms with Crippen molar-refractivity contribution in [3.8, 4) is 11.1 Å². The summed E-state index contributed by atoms with van der Waals surface area (Å²) < 4.78 is 0. The maximum Gasteiger partial charge on any atom is 0.0542 e. The summed E-state index contributed by atoms with van der Waals surface area (Å²) in [6.07, 6.45) is 0. The van der Waals surface area contributed by atoms with Gasteiger partial charge in [0.15, 0.2) is 0 Å². The Morgan fingerprint density at radius 1 is 1.22 bits per heavy atom. The molecule has 3 heteroatoms. The Morgan fingerprint density at radius 2 is 2.11 bits per heavy atom. The van der Waals surface area contributed by atoms with E-state index in [0.717, 1.165) is 19.6 Å². The molecule has 2 N–H and O–H groups in total. The van der Waals surface area contributed by atoms with Gasteiger partial charge < -0.3 is 10.6 Å². The maximum absolute atomic E-state index is 3.56. The first-order valence-corrected chi connectivity index (χ1v) is 7.31. The minimum atomic E-state index is 0.474. The van der Waals surface area contributed by atoms with Crippen LogP contribution in [0.1, 0.15) is 16.5 Å². The molecule has 1 fully saturated rings. The third kappa shape index (κ3) is 2.34. The third-order valence-corrected chi connectivity index (χ3v) is 4.51. The molecule has 94 valence electrons. The fraction of sp³-hybridized carbons (Fsp3) is 0.333. The molecule has 0 amide bonds. The lowest BCUT2D eigenvalue weighted by atomic mass is 10.0. The fourth-order valence-corrected chi connectivity index (χ4v) is 3.41. The molecule has 0 aliphatic carbocycles. The van der Waals surface area contributed by atoms with Crippen molar-refractivity contribution >= 4 is 11.3 Å². The summed E-state index contributed by atoms with van der Waals surface area (Å²) in [4.78, 5) is 1.43. The lowest BCUT2D eigenvalue weighted by Crippen LogP contribution is -2.42. The molecule has 3 rings (SSSR count). The monoisotopic (exact) mass is 258 g/mol. The molecule has 1 aliphatic rings. The number of benzene rings is 1. The molecule has 1 saturated heterocycles. The number of hydrogen-bond donors (Lipinski definition) is 2. The number of rotatable bonds is 2.